The Morgan fingerprint density at radius 2 is 1.67 bits per heavy atom. The summed E-state index contributed by atoms with van der Waals surface area (Å²) in [6.07, 6.45) is 7.54. The Labute approximate surface area is 190 Å². The minimum absolute atomic E-state index is 0. The maximum Gasteiger partial charge on any atom is -1.00 e. The summed E-state index contributed by atoms with van der Waals surface area (Å²) in [5.74, 6) is 0.720. The summed E-state index contributed by atoms with van der Waals surface area (Å²) in [4.78, 5) is 13.0. The normalized spacial score (nSPS) is 13.0. The van der Waals surface area contributed by atoms with Gasteiger partial charge < -0.3 is 24.8 Å². The molecule has 27 heavy (non-hydrogen) atoms. The summed E-state index contributed by atoms with van der Waals surface area (Å²) in [6, 6.07) is 0. The molecule has 1 aliphatic rings. The maximum atomic E-state index is 13.0. The molecule has 2 rings (SSSR count). The Morgan fingerprint density at radius 1 is 1.11 bits per heavy atom. The second-order valence-corrected chi connectivity index (χ2v) is 11.1. The van der Waals surface area contributed by atoms with Crippen molar-refractivity contribution in [3.63, 3.8) is 0 Å². The van der Waals surface area contributed by atoms with Crippen LogP contribution >= 0.6 is 0 Å². The molecule has 1 amide bonds. The molecule has 0 unspecified atom stereocenters. The molecule has 147 valence electrons. The molecule has 0 radical (unpaired) electrons. The molecular formula is C21H30Cl2NOSiTi. The van der Waals surface area contributed by atoms with Crippen LogP contribution < -0.4 is 33.8 Å². The Morgan fingerprint density at radius 3 is 2.04 bits per heavy atom. The van der Waals surface area contributed by atoms with Gasteiger partial charge in [0.2, 0.25) is 0 Å². The van der Waals surface area contributed by atoms with Crippen molar-refractivity contribution in [2.75, 3.05) is 0 Å². The van der Waals surface area contributed by atoms with Gasteiger partial charge in [-0.25, -0.2) is 0 Å². The molecule has 0 atom stereocenters. The van der Waals surface area contributed by atoms with Crippen LogP contribution in [0.2, 0.25) is 13.1 Å². The van der Waals surface area contributed by atoms with E-state index in [0.29, 0.717) is 11.8 Å². The molecule has 1 aromatic rings. The topological polar surface area (TPSA) is 29.1 Å². The Kier molecular flexibility index (Phi) is 10.9. The van der Waals surface area contributed by atoms with Crippen LogP contribution in [0.5, 0.6) is 0 Å². The fourth-order valence-electron chi connectivity index (χ4n) is 4.22. The van der Waals surface area contributed by atoms with Crippen molar-refractivity contribution < 1.29 is 50.3 Å². The fraction of sp³-hybridized carbons (Fsp3) is 0.476. The SMILES string of the molecule is Cc1c(C2=CC=CC2)c(C(C)C)c(C(=O)[NH][Ti+2])c(C(C)C)c1[SiH](C)C.[Cl-].[Cl-]. The molecule has 0 spiro atoms. The zero-order valence-corrected chi connectivity index (χ0v) is 21.6. The van der Waals surface area contributed by atoms with Gasteiger partial charge in [0.1, 0.15) is 0 Å². The van der Waals surface area contributed by atoms with Crippen molar-refractivity contribution in [2.24, 2.45) is 0 Å². The van der Waals surface area contributed by atoms with Crippen LogP contribution in [0.15, 0.2) is 18.2 Å². The number of benzene rings is 1. The second-order valence-electron chi connectivity index (χ2n) is 7.86. The summed E-state index contributed by atoms with van der Waals surface area (Å²) in [5.41, 5.74) is 7.57. The van der Waals surface area contributed by atoms with Crippen LogP contribution in [-0.2, 0) is 20.7 Å². The van der Waals surface area contributed by atoms with Crippen LogP contribution in [0.25, 0.3) is 5.57 Å². The average Bonchev–Trinajstić information content (AvgIpc) is 3.05. The van der Waals surface area contributed by atoms with E-state index < -0.39 is 8.80 Å². The van der Waals surface area contributed by atoms with Crippen LogP contribution in [0.1, 0.15) is 78.6 Å². The monoisotopic (exact) mass is 458 g/mol. The van der Waals surface area contributed by atoms with Crippen molar-refractivity contribution >= 4 is 25.5 Å². The summed E-state index contributed by atoms with van der Waals surface area (Å²) in [7, 11) is -1.09. The van der Waals surface area contributed by atoms with E-state index in [0.717, 1.165) is 12.0 Å². The van der Waals surface area contributed by atoms with E-state index in [9.17, 15) is 4.79 Å². The fourth-order valence-corrected chi connectivity index (χ4v) is 6.52. The van der Waals surface area contributed by atoms with E-state index in [1.54, 1.807) is 20.7 Å². The molecule has 0 saturated heterocycles. The van der Waals surface area contributed by atoms with Gasteiger partial charge in [-0.1, -0.05) is 0 Å². The largest absolute Gasteiger partial charge is 1.00 e. The number of rotatable bonds is 5. The molecule has 1 aliphatic carbocycles. The molecule has 1 N–H and O–H groups in total. The van der Waals surface area contributed by atoms with Crippen molar-refractivity contribution in [3.8, 4) is 0 Å². The van der Waals surface area contributed by atoms with Crippen LogP contribution in [0.4, 0.5) is 0 Å². The molecule has 0 aromatic heterocycles. The van der Waals surface area contributed by atoms with E-state index in [2.05, 4.69) is 69.7 Å². The van der Waals surface area contributed by atoms with E-state index >= 15 is 0 Å². The first-order chi connectivity index (χ1) is 11.7. The first kappa shape index (κ1) is 26.7. The third kappa shape index (κ3) is 5.19. The van der Waals surface area contributed by atoms with Gasteiger partial charge >= 0.3 is 167 Å². The van der Waals surface area contributed by atoms with Gasteiger partial charge in [-0.05, 0) is 0 Å². The third-order valence-corrected chi connectivity index (χ3v) is 7.30. The molecule has 1 aromatic carbocycles. The van der Waals surface area contributed by atoms with Gasteiger partial charge in [-0.2, -0.15) is 0 Å². The zero-order chi connectivity index (χ0) is 18.9. The van der Waals surface area contributed by atoms with Crippen molar-refractivity contribution in [3.05, 3.63) is 46.0 Å². The number of allylic oxidation sites excluding steroid dienone is 4. The summed E-state index contributed by atoms with van der Waals surface area (Å²) >= 11 is 1.75. The van der Waals surface area contributed by atoms with E-state index in [1.165, 1.54) is 33.0 Å². The molecule has 2 nitrogen and oxygen atoms in total. The third-order valence-electron chi connectivity index (χ3n) is 5.04. The van der Waals surface area contributed by atoms with Gasteiger partial charge in [0, 0.05) is 0 Å². The quantitative estimate of drug-likeness (QED) is 0.533. The molecule has 0 heterocycles. The predicted octanol–water partition coefficient (Wildman–Crippen LogP) is -1.52. The number of hydrogen-bond acceptors (Lipinski definition) is 1. The van der Waals surface area contributed by atoms with Gasteiger partial charge in [0.25, 0.3) is 0 Å². The second kappa shape index (κ2) is 11.0. The van der Waals surface area contributed by atoms with Crippen LogP contribution in [-0.4, -0.2) is 14.7 Å². The minimum atomic E-state index is -1.09. The van der Waals surface area contributed by atoms with Gasteiger partial charge in [-0.3, -0.25) is 0 Å². The van der Waals surface area contributed by atoms with Crippen molar-refractivity contribution in [1.29, 1.82) is 0 Å². The molecule has 0 bridgehead atoms. The first-order valence-electron chi connectivity index (χ1n) is 9.25. The first-order valence-corrected chi connectivity index (χ1v) is 12.9. The Balaban J connectivity index is 0.00000338. The van der Waals surface area contributed by atoms with Gasteiger partial charge in [0.15, 0.2) is 0 Å². The average molecular weight is 459 g/mol. The number of nitrogens with one attached hydrogen (secondary N) is 1. The predicted molar refractivity (Wildman–Crippen MR) is 107 cm³/mol. The van der Waals surface area contributed by atoms with Crippen LogP contribution in [0, 0.1) is 6.92 Å². The van der Waals surface area contributed by atoms with Crippen molar-refractivity contribution in [1.82, 2.24) is 3.80 Å². The minimum Gasteiger partial charge on any atom is -1.00 e. The standard InChI is InChI=1S/C21H31NOSi.2ClH.Ti/c1-12(2)16-18(15-10-8-9-11-15)14(5)20(24(6)7)17(13(3)4)19(16)21(22)23;;;/h8-10,12-13,24H,11H2,1-7H3,(H2,22,23);2*1H;/q;;;+3/p-3. The van der Waals surface area contributed by atoms with E-state index in [4.69, 9.17) is 0 Å². The number of hydrogen-bond donors (Lipinski definition) is 1. The number of amides is 1. The van der Waals surface area contributed by atoms with Gasteiger partial charge in [0.05, 0.1) is 0 Å². The Hall–Kier alpha value is -0.319. The molecule has 0 saturated carbocycles. The number of halogens is 2. The van der Waals surface area contributed by atoms with Crippen LogP contribution in [0.3, 0.4) is 0 Å². The molecular weight excluding hydrogens is 429 g/mol. The summed E-state index contributed by atoms with van der Waals surface area (Å²) in [6.45, 7) is 15.9. The number of carbonyl (C=O) groups is 1. The molecule has 0 aliphatic heterocycles. The number of carbonyl (C=O) groups excluding carboxylic acids is 1. The van der Waals surface area contributed by atoms with Crippen molar-refractivity contribution in [2.45, 2.75) is 66.0 Å². The van der Waals surface area contributed by atoms with E-state index in [-0.39, 0.29) is 30.7 Å². The zero-order valence-electron chi connectivity index (χ0n) is 17.3. The molecule has 0 fully saturated rings. The van der Waals surface area contributed by atoms with Gasteiger partial charge in [-0.15, -0.1) is 0 Å². The maximum absolute atomic E-state index is 13.0. The Bertz CT molecular complexity index is 755. The van der Waals surface area contributed by atoms with E-state index in [1.807, 2.05) is 0 Å². The summed E-state index contributed by atoms with van der Waals surface area (Å²) < 4.78 is 2.92. The smallest absolute Gasteiger partial charge is 1.00 e. The molecule has 6 heteroatoms. The summed E-state index contributed by atoms with van der Waals surface area (Å²) in [5, 5.41) is 1.49.